The fourth-order valence-corrected chi connectivity index (χ4v) is 4.45. The minimum Gasteiger partial charge on any atom is -0.381 e. The fraction of sp³-hybridized carbons (Fsp3) is 0.684. The lowest BCUT2D eigenvalue weighted by Crippen LogP contribution is -2.67. The Kier molecular flexibility index (Phi) is 5.01. The lowest BCUT2D eigenvalue weighted by atomic mass is 9.77. The molecule has 25 heavy (non-hydrogen) atoms. The van der Waals surface area contributed by atoms with Gasteiger partial charge < -0.3 is 14.8 Å². The molecule has 3 saturated heterocycles. The summed E-state index contributed by atoms with van der Waals surface area (Å²) in [6, 6.07) is 4.24. The van der Waals surface area contributed by atoms with Crippen LogP contribution in [0.5, 0.6) is 0 Å². The van der Waals surface area contributed by atoms with Crippen LogP contribution in [0.3, 0.4) is 0 Å². The van der Waals surface area contributed by atoms with Crippen molar-refractivity contribution in [3.05, 3.63) is 30.1 Å². The molecule has 6 nitrogen and oxygen atoms in total. The molecule has 1 amide bonds. The highest BCUT2D eigenvalue weighted by Gasteiger charge is 2.53. The number of amides is 1. The Morgan fingerprint density at radius 1 is 1.28 bits per heavy atom. The quantitative estimate of drug-likeness (QED) is 0.876. The first-order chi connectivity index (χ1) is 12.3. The van der Waals surface area contributed by atoms with Crippen LogP contribution in [0.15, 0.2) is 24.5 Å². The minimum atomic E-state index is -0.0430. The lowest BCUT2D eigenvalue weighted by Gasteiger charge is -2.54. The minimum absolute atomic E-state index is 0.0251. The predicted molar refractivity (Wildman–Crippen MR) is 93.4 cm³/mol. The van der Waals surface area contributed by atoms with Gasteiger partial charge >= 0.3 is 0 Å². The third-order valence-corrected chi connectivity index (χ3v) is 5.95. The molecule has 1 atom stereocenters. The Morgan fingerprint density at radius 3 is 2.88 bits per heavy atom. The topological polar surface area (TPSA) is 63.7 Å². The van der Waals surface area contributed by atoms with Gasteiger partial charge in [0, 0.05) is 57.9 Å². The summed E-state index contributed by atoms with van der Waals surface area (Å²) in [5.41, 5.74) is 0.645. The van der Waals surface area contributed by atoms with Crippen LogP contribution >= 0.6 is 0 Å². The van der Waals surface area contributed by atoms with E-state index in [0.717, 1.165) is 58.6 Å². The van der Waals surface area contributed by atoms with Crippen LogP contribution < -0.4 is 5.32 Å². The summed E-state index contributed by atoms with van der Waals surface area (Å²) in [6.45, 7) is 5.40. The first kappa shape index (κ1) is 16.9. The number of pyridine rings is 1. The number of hydrogen-bond donors (Lipinski definition) is 1. The van der Waals surface area contributed by atoms with Gasteiger partial charge in [-0.25, -0.2) is 0 Å². The fourth-order valence-electron chi connectivity index (χ4n) is 4.45. The summed E-state index contributed by atoms with van der Waals surface area (Å²) < 4.78 is 11.6. The Labute approximate surface area is 148 Å². The molecule has 0 saturated carbocycles. The van der Waals surface area contributed by atoms with Crippen LogP contribution in [-0.2, 0) is 9.47 Å². The number of rotatable bonds is 5. The number of nitrogens with one attached hydrogen (secondary N) is 1. The van der Waals surface area contributed by atoms with Crippen LogP contribution in [-0.4, -0.2) is 66.9 Å². The van der Waals surface area contributed by atoms with Crippen LogP contribution in [0.4, 0.5) is 0 Å². The van der Waals surface area contributed by atoms with E-state index in [4.69, 9.17) is 9.47 Å². The maximum absolute atomic E-state index is 12.1. The summed E-state index contributed by atoms with van der Waals surface area (Å²) in [5.74, 6) is 0.497. The largest absolute Gasteiger partial charge is 0.381 e. The number of aromatic nitrogens is 1. The molecule has 6 heteroatoms. The first-order valence-corrected chi connectivity index (χ1v) is 9.41. The molecule has 4 rings (SSSR count). The van der Waals surface area contributed by atoms with E-state index in [1.807, 2.05) is 0 Å². The van der Waals surface area contributed by atoms with Crippen molar-refractivity contribution in [1.29, 1.82) is 0 Å². The standard InChI is InChI=1S/C19H27N3O3/c23-18(15-2-1-7-20-12-15)21-8-3-16-4-11-25-19(16)13-22(14-19)17-5-9-24-10-6-17/h1-2,7,12,16-17H,3-6,8-11,13-14H2,(H,21,23)/t16-/m0/s1. The summed E-state index contributed by atoms with van der Waals surface area (Å²) in [5, 5.41) is 3.02. The number of carbonyl (C=O) groups excluding carboxylic acids is 1. The van der Waals surface area contributed by atoms with Crippen LogP contribution in [0.2, 0.25) is 0 Å². The number of carbonyl (C=O) groups is 1. The molecule has 0 aromatic carbocycles. The van der Waals surface area contributed by atoms with E-state index in [0.29, 0.717) is 24.1 Å². The van der Waals surface area contributed by atoms with Gasteiger partial charge in [0.2, 0.25) is 0 Å². The average Bonchev–Trinajstić information content (AvgIpc) is 3.06. The monoisotopic (exact) mass is 345 g/mol. The predicted octanol–water partition coefficient (Wildman–Crippen LogP) is 1.47. The van der Waals surface area contributed by atoms with Gasteiger partial charge in [0.05, 0.1) is 11.2 Å². The number of likely N-dealkylation sites (tertiary alicyclic amines) is 1. The van der Waals surface area contributed by atoms with E-state index in [1.54, 1.807) is 24.5 Å². The smallest absolute Gasteiger partial charge is 0.252 e. The van der Waals surface area contributed by atoms with Gasteiger partial charge in [-0.05, 0) is 43.7 Å². The summed E-state index contributed by atoms with van der Waals surface area (Å²) in [6.07, 6.45) is 7.65. The normalized spacial score (nSPS) is 26.5. The van der Waals surface area contributed by atoms with Crippen molar-refractivity contribution in [2.24, 2.45) is 5.92 Å². The van der Waals surface area contributed by atoms with Crippen molar-refractivity contribution < 1.29 is 14.3 Å². The van der Waals surface area contributed by atoms with Crippen LogP contribution in [0.1, 0.15) is 36.0 Å². The summed E-state index contributed by atoms with van der Waals surface area (Å²) in [7, 11) is 0. The molecule has 136 valence electrons. The Morgan fingerprint density at radius 2 is 2.12 bits per heavy atom. The van der Waals surface area contributed by atoms with Crippen LogP contribution in [0.25, 0.3) is 0 Å². The van der Waals surface area contributed by atoms with E-state index in [1.165, 1.54) is 0 Å². The van der Waals surface area contributed by atoms with Crippen molar-refractivity contribution >= 4 is 5.91 Å². The molecule has 1 spiro atoms. The second-order valence-electron chi connectivity index (χ2n) is 7.43. The highest BCUT2D eigenvalue weighted by Crippen LogP contribution is 2.43. The zero-order valence-electron chi connectivity index (χ0n) is 14.7. The van der Waals surface area contributed by atoms with E-state index in [-0.39, 0.29) is 11.5 Å². The zero-order valence-corrected chi connectivity index (χ0v) is 14.7. The molecule has 3 aliphatic rings. The third kappa shape index (κ3) is 3.57. The van der Waals surface area contributed by atoms with Crippen molar-refractivity contribution in [1.82, 2.24) is 15.2 Å². The maximum Gasteiger partial charge on any atom is 0.252 e. The van der Waals surface area contributed by atoms with E-state index in [2.05, 4.69) is 15.2 Å². The molecule has 1 aromatic rings. The molecule has 0 unspecified atom stereocenters. The molecule has 3 fully saturated rings. The van der Waals surface area contributed by atoms with Crippen molar-refractivity contribution in [3.63, 3.8) is 0 Å². The Balaban J connectivity index is 1.25. The number of ether oxygens (including phenoxy) is 2. The van der Waals surface area contributed by atoms with E-state index < -0.39 is 0 Å². The van der Waals surface area contributed by atoms with Gasteiger partial charge in [0.25, 0.3) is 5.91 Å². The van der Waals surface area contributed by atoms with E-state index in [9.17, 15) is 4.79 Å². The average molecular weight is 345 g/mol. The molecular weight excluding hydrogens is 318 g/mol. The van der Waals surface area contributed by atoms with Gasteiger partial charge in [-0.15, -0.1) is 0 Å². The summed E-state index contributed by atoms with van der Waals surface area (Å²) >= 11 is 0. The molecule has 0 bridgehead atoms. The second-order valence-corrected chi connectivity index (χ2v) is 7.43. The third-order valence-electron chi connectivity index (χ3n) is 5.95. The van der Waals surface area contributed by atoms with Crippen molar-refractivity contribution in [2.75, 3.05) is 39.5 Å². The van der Waals surface area contributed by atoms with E-state index >= 15 is 0 Å². The molecular formula is C19H27N3O3. The van der Waals surface area contributed by atoms with Crippen molar-refractivity contribution in [3.8, 4) is 0 Å². The first-order valence-electron chi connectivity index (χ1n) is 9.41. The van der Waals surface area contributed by atoms with Gasteiger partial charge in [0.15, 0.2) is 0 Å². The van der Waals surface area contributed by atoms with Gasteiger partial charge in [0.1, 0.15) is 0 Å². The SMILES string of the molecule is O=C(NCC[C@H]1CCOC12CN(C1CCOCC1)C2)c1cccnc1. The molecule has 0 radical (unpaired) electrons. The van der Waals surface area contributed by atoms with Gasteiger partial charge in [-0.3, -0.25) is 14.7 Å². The molecule has 0 aliphatic carbocycles. The lowest BCUT2D eigenvalue weighted by molar-refractivity contribution is -0.156. The molecule has 1 aromatic heterocycles. The highest BCUT2D eigenvalue weighted by molar-refractivity contribution is 5.93. The highest BCUT2D eigenvalue weighted by atomic mass is 16.5. The number of hydrogen-bond acceptors (Lipinski definition) is 5. The Hall–Kier alpha value is -1.50. The van der Waals surface area contributed by atoms with Gasteiger partial charge in [-0.1, -0.05) is 0 Å². The Bertz CT molecular complexity index is 583. The van der Waals surface area contributed by atoms with Gasteiger partial charge in [-0.2, -0.15) is 0 Å². The van der Waals surface area contributed by atoms with Crippen LogP contribution in [0, 0.1) is 5.92 Å². The molecule has 3 aliphatic heterocycles. The zero-order chi connectivity index (χ0) is 17.1. The summed E-state index contributed by atoms with van der Waals surface area (Å²) in [4.78, 5) is 18.7. The molecule has 1 N–H and O–H groups in total. The maximum atomic E-state index is 12.1. The van der Waals surface area contributed by atoms with Crippen molar-refractivity contribution in [2.45, 2.75) is 37.3 Å². The second kappa shape index (κ2) is 7.40. The molecule has 4 heterocycles. The number of nitrogens with zero attached hydrogens (tertiary/aromatic N) is 2.